The van der Waals surface area contributed by atoms with Gasteiger partial charge in [-0.25, -0.2) is 9.78 Å². The third-order valence-corrected chi connectivity index (χ3v) is 4.96. The van der Waals surface area contributed by atoms with Crippen LogP contribution in [0.25, 0.3) is 0 Å². The van der Waals surface area contributed by atoms with Crippen LogP contribution in [0.15, 0.2) is 30.6 Å². The summed E-state index contributed by atoms with van der Waals surface area (Å²) in [6.45, 7) is 6.27. The average Bonchev–Trinajstić information content (AvgIpc) is 3.05. The fourth-order valence-electron chi connectivity index (χ4n) is 3.28. The van der Waals surface area contributed by atoms with Gasteiger partial charge in [-0.2, -0.15) is 0 Å². The molecular weight excluding hydrogens is 344 g/mol. The van der Waals surface area contributed by atoms with E-state index < -0.39 is 6.03 Å². The van der Waals surface area contributed by atoms with Gasteiger partial charge in [0.1, 0.15) is 5.82 Å². The zero-order valence-corrected chi connectivity index (χ0v) is 16.0. The van der Waals surface area contributed by atoms with Crippen molar-refractivity contribution in [3.05, 3.63) is 47.5 Å². The van der Waals surface area contributed by atoms with Gasteiger partial charge in [0.05, 0.1) is 12.6 Å². The number of hydrogen-bond acceptors (Lipinski definition) is 5. The third-order valence-electron chi connectivity index (χ3n) is 4.96. The SMILES string of the molecule is Cc1cccc(NC(=O)NC(=O)CN2CCNCC2c2nccn2C)c1C. The minimum Gasteiger partial charge on any atom is -0.337 e. The largest absolute Gasteiger partial charge is 0.337 e. The number of carbonyl (C=O) groups excluding carboxylic acids is 2. The summed E-state index contributed by atoms with van der Waals surface area (Å²) in [5.41, 5.74) is 2.77. The molecule has 27 heavy (non-hydrogen) atoms. The molecule has 2 heterocycles. The number of imidazole rings is 1. The van der Waals surface area contributed by atoms with Gasteiger partial charge in [-0.15, -0.1) is 0 Å². The van der Waals surface area contributed by atoms with Gasteiger partial charge in [0.2, 0.25) is 5.91 Å². The molecule has 3 rings (SSSR count). The zero-order valence-electron chi connectivity index (χ0n) is 16.0. The lowest BCUT2D eigenvalue weighted by atomic mass is 10.1. The fraction of sp³-hybridized carbons (Fsp3) is 0.421. The topological polar surface area (TPSA) is 91.3 Å². The summed E-state index contributed by atoms with van der Waals surface area (Å²) in [6.07, 6.45) is 3.64. The average molecular weight is 370 g/mol. The van der Waals surface area contributed by atoms with Crippen LogP contribution in [0.5, 0.6) is 0 Å². The second-order valence-corrected chi connectivity index (χ2v) is 6.84. The van der Waals surface area contributed by atoms with Crippen molar-refractivity contribution in [3.63, 3.8) is 0 Å². The maximum absolute atomic E-state index is 12.4. The molecule has 0 spiro atoms. The number of nitrogens with one attached hydrogen (secondary N) is 3. The van der Waals surface area contributed by atoms with E-state index in [1.807, 2.05) is 54.8 Å². The van der Waals surface area contributed by atoms with Gasteiger partial charge in [0.15, 0.2) is 0 Å². The highest BCUT2D eigenvalue weighted by atomic mass is 16.2. The van der Waals surface area contributed by atoms with E-state index >= 15 is 0 Å². The normalized spacial score (nSPS) is 17.5. The van der Waals surface area contributed by atoms with Crippen LogP contribution in [-0.4, -0.2) is 52.6 Å². The van der Waals surface area contributed by atoms with Crippen molar-refractivity contribution in [2.45, 2.75) is 19.9 Å². The summed E-state index contributed by atoms with van der Waals surface area (Å²) in [4.78, 5) is 31.0. The van der Waals surface area contributed by atoms with Crippen LogP contribution in [0.1, 0.15) is 23.0 Å². The number of aromatic nitrogens is 2. The van der Waals surface area contributed by atoms with E-state index in [1.165, 1.54) is 0 Å². The molecule has 3 amide bonds. The Hall–Kier alpha value is -2.71. The Bertz CT molecular complexity index is 831. The first kappa shape index (κ1) is 19.1. The lowest BCUT2D eigenvalue weighted by Crippen LogP contribution is -2.51. The van der Waals surface area contributed by atoms with Crippen LogP contribution in [0.4, 0.5) is 10.5 Å². The van der Waals surface area contributed by atoms with Crippen LogP contribution in [0.2, 0.25) is 0 Å². The molecule has 1 aromatic heterocycles. The summed E-state index contributed by atoms with van der Waals surface area (Å²) in [5.74, 6) is 0.564. The highest BCUT2D eigenvalue weighted by Gasteiger charge is 2.28. The fourth-order valence-corrected chi connectivity index (χ4v) is 3.28. The van der Waals surface area contributed by atoms with Crippen molar-refractivity contribution >= 4 is 17.6 Å². The van der Waals surface area contributed by atoms with Crippen LogP contribution >= 0.6 is 0 Å². The zero-order chi connectivity index (χ0) is 19.4. The van der Waals surface area contributed by atoms with E-state index in [0.29, 0.717) is 18.8 Å². The number of amides is 3. The molecule has 8 heteroatoms. The van der Waals surface area contributed by atoms with Gasteiger partial charge in [-0.05, 0) is 31.0 Å². The number of rotatable bonds is 4. The Morgan fingerprint density at radius 3 is 2.89 bits per heavy atom. The van der Waals surface area contributed by atoms with Gasteiger partial charge in [0.25, 0.3) is 0 Å². The van der Waals surface area contributed by atoms with Crippen LogP contribution in [0, 0.1) is 13.8 Å². The molecule has 8 nitrogen and oxygen atoms in total. The highest BCUT2D eigenvalue weighted by molar-refractivity contribution is 6.02. The summed E-state index contributed by atoms with van der Waals surface area (Å²) in [5, 5.41) is 8.51. The van der Waals surface area contributed by atoms with Crippen molar-refractivity contribution in [2.24, 2.45) is 7.05 Å². The Morgan fingerprint density at radius 2 is 2.15 bits per heavy atom. The van der Waals surface area contributed by atoms with Gasteiger partial charge in [0, 0.05) is 44.8 Å². The number of benzene rings is 1. The Kier molecular flexibility index (Phi) is 5.88. The quantitative estimate of drug-likeness (QED) is 0.755. The van der Waals surface area contributed by atoms with E-state index in [4.69, 9.17) is 0 Å². The summed E-state index contributed by atoms with van der Waals surface area (Å²) in [7, 11) is 1.94. The van der Waals surface area contributed by atoms with E-state index in [1.54, 1.807) is 6.20 Å². The number of nitrogens with zero attached hydrogens (tertiary/aromatic N) is 3. The molecule has 1 atom stereocenters. The number of hydrogen-bond donors (Lipinski definition) is 3. The van der Waals surface area contributed by atoms with Crippen molar-refractivity contribution < 1.29 is 9.59 Å². The van der Waals surface area contributed by atoms with Crippen LogP contribution in [0.3, 0.4) is 0 Å². The van der Waals surface area contributed by atoms with Crippen molar-refractivity contribution in [1.29, 1.82) is 0 Å². The first-order valence-electron chi connectivity index (χ1n) is 9.04. The standard InChI is InChI=1S/C19H26N6O2/c1-13-5-4-6-15(14(13)2)22-19(27)23-17(26)12-25-10-7-20-11-16(25)18-21-8-9-24(18)3/h4-6,8-9,16,20H,7,10-12H2,1-3H3,(H2,22,23,26,27). The summed E-state index contributed by atoms with van der Waals surface area (Å²) >= 11 is 0. The molecule has 2 aromatic rings. The number of imide groups is 1. The molecule has 0 radical (unpaired) electrons. The molecule has 144 valence electrons. The maximum Gasteiger partial charge on any atom is 0.325 e. The van der Waals surface area contributed by atoms with Gasteiger partial charge in [-0.3, -0.25) is 15.0 Å². The number of anilines is 1. The van der Waals surface area contributed by atoms with Crippen LogP contribution < -0.4 is 16.0 Å². The second kappa shape index (κ2) is 8.32. The van der Waals surface area contributed by atoms with E-state index in [0.717, 1.165) is 23.5 Å². The summed E-state index contributed by atoms with van der Waals surface area (Å²) < 4.78 is 1.95. The minimum atomic E-state index is -0.516. The van der Waals surface area contributed by atoms with E-state index in [9.17, 15) is 9.59 Å². The summed E-state index contributed by atoms with van der Waals surface area (Å²) in [6, 6.07) is 5.15. The predicted molar refractivity (Wildman–Crippen MR) is 103 cm³/mol. The van der Waals surface area contributed by atoms with Gasteiger partial charge >= 0.3 is 6.03 Å². The smallest absolute Gasteiger partial charge is 0.325 e. The minimum absolute atomic E-state index is 0.00780. The van der Waals surface area contributed by atoms with E-state index in [-0.39, 0.29) is 18.5 Å². The van der Waals surface area contributed by atoms with Crippen LogP contribution in [-0.2, 0) is 11.8 Å². The van der Waals surface area contributed by atoms with Gasteiger partial charge in [-0.1, -0.05) is 12.1 Å². The Morgan fingerprint density at radius 1 is 1.33 bits per heavy atom. The maximum atomic E-state index is 12.4. The van der Waals surface area contributed by atoms with Crippen molar-refractivity contribution in [1.82, 2.24) is 25.1 Å². The first-order chi connectivity index (χ1) is 13.0. The van der Waals surface area contributed by atoms with Crippen molar-refractivity contribution in [2.75, 3.05) is 31.5 Å². The Balaban J connectivity index is 1.60. The number of piperazine rings is 1. The first-order valence-corrected chi connectivity index (χ1v) is 9.04. The monoisotopic (exact) mass is 370 g/mol. The number of carbonyl (C=O) groups is 2. The Labute approximate surface area is 159 Å². The molecule has 0 saturated carbocycles. The lowest BCUT2D eigenvalue weighted by Gasteiger charge is -2.35. The molecular formula is C19H26N6O2. The molecule has 1 aliphatic rings. The molecule has 1 aliphatic heterocycles. The number of urea groups is 1. The third kappa shape index (κ3) is 4.53. The molecule has 1 unspecified atom stereocenters. The molecule has 0 aliphatic carbocycles. The second-order valence-electron chi connectivity index (χ2n) is 6.84. The number of aryl methyl sites for hydroxylation is 2. The molecule has 1 saturated heterocycles. The molecule has 1 aromatic carbocycles. The molecule has 1 fully saturated rings. The predicted octanol–water partition coefficient (Wildman–Crippen LogP) is 1.33. The highest BCUT2D eigenvalue weighted by Crippen LogP contribution is 2.20. The molecule has 3 N–H and O–H groups in total. The van der Waals surface area contributed by atoms with E-state index in [2.05, 4.69) is 20.9 Å². The lowest BCUT2D eigenvalue weighted by molar-refractivity contribution is -0.121. The molecule has 0 bridgehead atoms. The van der Waals surface area contributed by atoms with Gasteiger partial charge < -0.3 is 15.2 Å². The van der Waals surface area contributed by atoms with Crippen molar-refractivity contribution in [3.8, 4) is 0 Å².